The minimum Gasteiger partial charge on any atom is -0.394 e. The van der Waals surface area contributed by atoms with Gasteiger partial charge < -0.3 is 20.1 Å². The number of ether oxygens (including phenoxy) is 1. The van der Waals surface area contributed by atoms with Crippen LogP contribution >= 0.6 is 0 Å². The minimum absolute atomic E-state index is 0.0405. The standard InChI is InChI=1S/C16H32N2O2/c1-13(2)17-16(12-19)8-4-5-14(16)6-9-18(3)15-7-10-20-11-15/h13-15,17,19H,4-12H2,1-3H3. The highest BCUT2D eigenvalue weighted by molar-refractivity contribution is 5.00. The van der Waals surface area contributed by atoms with E-state index in [0.717, 1.165) is 32.6 Å². The van der Waals surface area contributed by atoms with Gasteiger partial charge in [-0.3, -0.25) is 0 Å². The molecule has 0 aromatic carbocycles. The zero-order chi connectivity index (χ0) is 14.6. The smallest absolute Gasteiger partial charge is 0.0622 e. The van der Waals surface area contributed by atoms with Gasteiger partial charge >= 0.3 is 0 Å². The summed E-state index contributed by atoms with van der Waals surface area (Å²) >= 11 is 0. The zero-order valence-electron chi connectivity index (χ0n) is 13.4. The fourth-order valence-electron chi connectivity index (χ4n) is 4.00. The van der Waals surface area contributed by atoms with E-state index in [9.17, 15) is 5.11 Å². The van der Waals surface area contributed by atoms with E-state index in [1.807, 2.05) is 0 Å². The highest BCUT2D eigenvalue weighted by Crippen LogP contribution is 2.38. The van der Waals surface area contributed by atoms with Gasteiger partial charge in [0.2, 0.25) is 0 Å². The second-order valence-corrected chi connectivity index (χ2v) is 6.99. The Morgan fingerprint density at radius 3 is 2.80 bits per heavy atom. The molecule has 3 atom stereocenters. The number of nitrogens with zero attached hydrogens (tertiary/aromatic N) is 1. The van der Waals surface area contributed by atoms with Gasteiger partial charge in [-0.1, -0.05) is 20.3 Å². The summed E-state index contributed by atoms with van der Waals surface area (Å²) in [4.78, 5) is 2.45. The molecular weight excluding hydrogens is 252 g/mol. The van der Waals surface area contributed by atoms with Gasteiger partial charge in [0.1, 0.15) is 0 Å². The maximum absolute atomic E-state index is 9.92. The lowest BCUT2D eigenvalue weighted by molar-refractivity contribution is 0.0989. The Morgan fingerprint density at radius 1 is 1.40 bits per heavy atom. The molecule has 1 saturated carbocycles. The summed E-state index contributed by atoms with van der Waals surface area (Å²) in [6, 6.07) is 1.03. The van der Waals surface area contributed by atoms with Crippen LogP contribution < -0.4 is 5.32 Å². The first-order chi connectivity index (χ1) is 9.57. The molecule has 2 N–H and O–H groups in total. The molecule has 1 aliphatic heterocycles. The van der Waals surface area contributed by atoms with E-state index in [0.29, 0.717) is 18.0 Å². The fourth-order valence-corrected chi connectivity index (χ4v) is 4.00. The van der Waals surface area contributed by atoms with E-state index in [4.69, 9.17) is 4.74 Å². The molecule has 3 unspecified atom stereocenters. The van der Waals surface area contributed by atoms with Gasteiger partial charge in [-0.15, -0.1) is 0 Å². The lowest BCUT2D eigenvalue weighted by atomic mass is 9.84. The number of rotatable bonds is 7. The molecule has 2 rings (SSSR count). The molecular formula is C16H32N2O2. The normalized spacial score (nSPS) is 34.5. The van der Waals surface area contributed by atoms with E-state index < -0.39 is 0 Å². The first-order valence-corrected chi connectivity index (χ1v) is 8.24. The predicted octanol–water partition coefficient (Wildman–Crippen LogP) is 1.63. The third-order valence-corrected chi connectivity index (χ3v) is 5.17. The van der Waals surface area contributed by atoms with Gasteiger partial charge in [0, 0.05) is 24.2 Å². The van der Waals surface area contributed by atoms with Crippen molar-refractivity contribution in [3.63, 3.8) is 0 Å². The van der Waals surface area contributed by atoms with E-state index >= 15 is 0 Å². The summed E-state index contributed by atoms with van der Waals surface area (Å²) in [6.07, 6.45) is 5.93. The lowest BCUT2D eigenvalue weighted by Gasteiger charge is -2.38. The van der Waals surface area contributed by atoms with Crippen LogP contribution in [0.5, 0.6) is 0 Å². The molecule has 1 saturated heterocycles. The highest BCUT2D eigenvalue weighted by Gasteiger charge is 2.42. The Bertz CT molecular complexity index is 292. The molecule has 2 fully saturated rings. The largest absolute Gasteiger partial charge is 0.394 e. The van der Waals surface area contributed by atoms with E-state index in [1.54, 1.807) is 0 Å². The van der Waals surface area contributed by atoms with Crippen LogP contribution in [0.15, 0.2) is 0 Å². The molecule has 118 valence electrons. The quantitative estimate of drug-likeness (QED) is 0.746. The van der Waals surface area contributed by atoms with Gasteiger partial charge in [0.25, 0.3) is 0 Å². The maximum atomic E-state index is 9.92. The van der Waals surface area contributed by atoms with Gasteiger partial charge in [-0.05, 0) is 45.2 Å². The third-order valence-electron chi connectivity index (χ3n) is 5.17. The van der Waals surface area contributed by atoms with E-state index in [2.05, 4.69) is 31.1 Å². The molecule has 2 aliphatic rings. The van der Waals surface area contributed by atoms with Crippen molar-refractivity contribution < 1.29 is 9.84 Å². The number of nitrogens with one attached hydrogen (secondary N) is 1. The Kier molecular flexibility index (Phi) is 5.84. The number of likely N-dealkylation sites (N-methyl/N-ethyl adjacent to an activating group) is 1. The SMILES string of the molecule is CC(C)NC1(CO)CCCC1CCN(C)C1CCOC1. The van der Waals surface area contributed by atoms with Gasteiger partial charge in [-0.2, -0.15) is 0 Å². The number of hydrogen-bond donors (Lipinski definition) is 2. The topological polar surface area (TPSA) is 44.7 Å². The van der Waals surface area contributed by atoms with Crippen LogP contribution in [0.1, 0.15) is 46.0 Å². The van der Waals surface area contributed by atoms with Crippen molar-refractivity contribution in [1.29, 1.82) is 0 Å². The van der Waals surface area contributed by atoms with Crippen molar-refractivity contribution in [3.05, 3.63) is 0 Å². The van der Waals surface area contributed by atoms with Crippen molar-refractivity contribution in [1.82, 2.24) is 10.2 Å². The molecule has 0 amide bonds. The molecule has 0 aromatic heterocycles. The second-order valence-electron chi connectivity index (χ2n) is 6.99. The van der Waals surface area contributed by atoms with Crippen LogP contribution in [-0.2, 0) is 4.74 Å². The molecule has 0 spiro atoms. The Morgan fingerprint density at radius 2 is 2.20 bits per heavy atom. The van der Waals surface area contributed by atoms with E-state index in [1.165, 1.54) is 19.3 Å². The average Bonchev–Trinajstić information content (AvgIpc) is 3.05. The molecule has 1 heterocycles. The summed E-state index contributed by atoms with van der Waals surface area (Å²) in [6.45, 7) is 7.53. The molecule has 0 bridgehead atoms. The van der Waals surface area contributed by atoms with Gasteiger partial charge in [0.05, 0.1) is 13.2 Å². The van der Waals surface area contributed by atoms with Crippen LogP contribution in [0.2, 0.25) is 0 Å². The molecule has 4 nitrogen and oxygen atoms in total. The molecule has 0 aromatic rings. The average molecular weight is 284 g/mol. The molecule has 0 radical (unpaired) electrons. The first-order valence-electron chi connectivity index (χ1n) is 8.24. The molecule has 1 aliphatic carbocycles. The minimum atomic E-state index is -0.0405. The number of hydrogen-bond acceptors (Lipinski definition) is 4. The maximum Gasteiger partial charge on any atom is 0.0622 e. The van der Waals surface area contributed by atoms with Crippen LogP contribution in [0.3, 0.4) is 0 Å². The van der Waals surface area contributed by atoms with Crippen LogP contribution in [0.4, 0.5) is 0 Å². The van der Waals surface area contributed by atoms with Gasteiger partial charge in [-0.25, -0.2) is 0 Å². The first kappa shape index (κ1) is 16.2. The van der Waals surface area contributed by atoms with Crippen molar-refractivity contribution in [2.75, 3.05) is 33.4 Å². The monoisotopic (exact) mass is 284 g/mol. The predicted molar refractivity (Wildman–Crippen MR) is 81.9 cm³/mol. The van der Waals surface area contributed by atoms with Crippen molar-refractivity contribution in [2.45, 2.75) is 63.6 Å². The van der Waals surface area contributed by atoms with Crippen LogP contribution in [0, 0.1) is 5.92 Å². The third kappa shape index (κ3) is 3.73. The summed E-state index contributed by atoms with van der Waals surface area (Å²) < 4.78 is 5.47. The molecule has 4 heteroatoms. The fraction of sp³-hybridized carbons (Fsp3) is 1.00. The number of aliphatic hydroxyl groups excluding tert-OH is 1. The van der Waals surface area contributed by atoms with Gasteiger partial charge in [0.15, 0.2) is 0 Å². The second kappa shape index (κ2) is 7.21. The zero-order valence-corrected chi connectivity index (χ0v) is 13.4. The lowest BCUT2D eigenvalue weighted by Crippen LogP contribution is -2.54. The number of aliphatic hydroxyl groups is 1. The van der Waals surface area contributed by atoms with Crippen molar-refractivity contribution in [3.8, 4) is 0 Å². The van der Waals surface area contributed by atoms with Crippen LogP contribution in [0.25, 0.3) is 0 Å². The van der Waals surface area contributed by atoms with E-state index in [-0.39, 0.29) is 12.1 Å². The summed E-state index contributed by atoms with van der Waals surface area (Å²) in [5, 5.41) is 13.6. The van der Waals surface area contributed by atoms with Crippen molar-refractivity contribution >= 4 is 0 Å². The Labute approximate surface area is 123 Å². The summed E-state index contributed by atoms with van der Waals surface area (Å²) in [5.41, 5.74) is -0.0405. The Balaban J connectivity index is 1.86. The van der Waals surface area contributed by atoms with Crippen molar-refractivity contribution in [2.24, 2.45) is 5.92 Å². The summed E-state index contributed by atoms with van der Waals surface area (Å²) in [7, 11) is 2.21. The summed E-state index contributed by atoms with van der Waals surface area (Å²) in [5.74, 6) is 0.597. The van der Waals surface area contributed by atoms with Crippen LogP contribution in [-0.4, -0.2) is 61.0 Å². The Hall–Kier alpha value is -0.160. The molecule has 20 heavy (non-hydrogen) atoms. The highest BCUT2D eigenvalue weighted by atomic mass is 16.5.